The molecule has 106 valence electrons. The lowest BCUT2D eigenvalue weighted by molar-refractivity contribution is -0.125. The van der Waals surface area contributed by atoms with E-state index in [4.69, 9.17) is 22.1 Å². The summed E-state index contributed by atoms with van der Waals surface area (Å²) >= 11 is 5.99. The van der Waals surface area contributed by atoms with Gasteiger partial charge in [-0.05, 0) is 26.0 Å². The van der Waals surface area contributed by atoms with E-state index in [1.807, 2.05) is 26.0 Å². The molecule has 0 fully saturated rings. The van der Waals surface area contributed by atoms with Crippen molar-refractivity contribution >= 4 is 17.5 Å². The van der Waals surface area contributed by atoms with Gasteiger partial charge in [-0.3, -0.25) is 4.79 Å². The van der Waals surface area contributed by atoms with Gasteiger partial charge in [0.2, 0.25) is 5.91 Å². The maximum absolute atomic E-state index is 11.7. The van der Waals surface area contributed by atoms with E-state index in [0.29, 0.717) is 17.3 Å². The van der Waals surface area contributed by atoms with E-state index in [-0.39, 0.29) is 24.0 Å². The lowest BCUT2D eigenvalue weighted by Gasteiger charge is -2.19. The number of benzene rings is 1. The number of carbonyl (C=O) groups is 1. The molecule has 5 heteroatoms. The Bertz CT molecular complexity index is 424. The molecule has 0 saturated carbocycles. The number of nitrogens with two attached hydrogens (primary N) is 1. The number of ether oxygens (including phenoxy) is 1. The number of para-hydroxylation sites is 1. The molecule has 0 radical (unpaired) electrons. The maximum Gasteiger partial charge on any atom is 0.224 e. The van der Waals surface area contributed by atoms with Crippen LogP contribution in [-0.2, 0) is 4.79 Å². The van der Waals surface area contributed by atoms with Gasteiger partial charge >= 0.3 is 0 Å². The van der Waals surface area contributed by atoms with Crippen LogP contribution in [0.1, 0.15) is 20.8 Å². The second-order valence-electron chi connectivity index (χ2n) is 4.75. The molecule has 1 aromatic carbocycles. The predicted molar refractivity (Wildman–Crippen MR) is 77.4 cm³/mol. The summed E-state index contributed by atoms with van der Waals surface area (Å²) in [5.74, 6) is 0.336. The summed E-state index contributed by atoms with van der Waals surface area (Å²) in [6.45, 7) is 5.91. The third kappa shape index (κ3) is 5.09. The topological polar surface area (TPSA) is 64.4 Å². The first-order valence-corrected chi connectivity index (χ1v) is 6.74. The monoisotopic (exact) mass is 284 g/mol. The number of rotatable bonds is 6. The van der Waals surface area contributed by atoms with E-state index in [9.17, 15) is 4.79 Å². The molecule has 1 rings (SSSR count). The second kappa shape index (κ2) is 7.36. The fourth-order valence-corrected chi connectivity index (χ4v) is 1.62. The van der Waals surface area contributed by atoms with Crippen LogP contribution in [0, 0.1) is 5.92 Å². The summed E-state index contributed by atoms with van der Waals surface area (Å²) in [5.41, 5.74) is 5.68. The highest BCUT2D eigenvalue weighted by molar-refractivity contribution is 6.32. The van der Waals surface area contributed by atoms with E-state index >= 15 is 0 Å². The Morgan fingerprint density at radius 3 is 2.58 bits per heavy atom. The molecule has 1 amide bonds. The van der Waals surface area contributed by atoms with Gasteiger partial charge in [0.1, 0.15) is 11.9 Å². The van der Waals surface area contributed by atoms with Crippen molar-refractivity contribution in [2.75, 3.05) is 6.54 Å². The van der Waals surface area contributed by atoms with Gasteiger partial charge in [0.05, 0.1) is 11.6 Å². The zero-order valence-electron chi connectivity index (χ0n) is 11.5. The lowest BCUT2D eigenvalue weighted by Crippen LogP contribution is -2.42. The lowest BCUT2D eigenvalue weighted by atomic mass is 10.0. The molecular weight excluding hydrogens is 264 g/mol. The van der Waals surface area contributed by atoms with Crippen molar-refractivity contribution in [2.45, 2.75) is 32.9 Å². The Morgan fingerprint density at radius 1 is 1.37 bits per heavy atom. The van der Waals surface area contributed by atoms with Crippen LogP contribution in [0.3, 0.4) is 0 Å². The number of hydrogen-bond acceptors (Lipinski definition) is 3. The van der Waals surface area contributed by atoms with Gasteiger partial charge in [0.25, 0.3) is 0 Å². The number of halogens is 1. The van der Waals surface area contributed by atoms with Crippen molar-refractivity contribution in [1.82, 2.24) is 5.32 Å². The van der Waals surface area contributed by atoms with Crippen LogP contribution in [0.15, 0.2) is 24.3 Å². The SMILES string of the molecule is CC(CNC(=O)C(C)C(C)N)Oc1ccccc1Cl. The molecule has 3 unspecified atom stereocenters. The van der Waals surface area contributed by atoms with Gasteiger partial charge in [-0.25, -0.2) is 0 Å². The summed E-state index contributed by atoms with van der Waals surface area (Å²) in [6, 6.07) is 7.09. The van der Waals surface area contributed by atoms with E-state index in [0.717, 1.165) is 0 Å². The van der Waals surface area contributed by atoms with Crippen LogP contribution >= 0.6 is 11.6 Å². The van der Waals surface area contributed by atoms with Crippen LogP contribution < -0.4 is 15.8 Å². The van der Waals surface area contributed by atoms with Gasteiger partial charge in [-0.2, -0.15) is 0 Å². The van der Waals surface area contributed by atoms with E-state index in [1.165, 1.54) is 0 Å². The van der Waals surface area contributed by atoms with Gasteiger partial charge in [0, 0.05) is 12.0 Å². The summed E-state index contributed by atoms with van der Waals surface area (Å²) in [5, 5.41) is 3.38. The van der Waals surface area contributed by atoms with Crippen molar-refractivity contribution in [3.05, 3.63) is 29.3 Å². The molecule has 0 aliphatic rings. The van der Waals surface area contributed by atoms with Gasteiger partial charge in [0.15, 0.2) is 0 Å². The predicted octanol–water partition coefficient (Wildman–Crippen LogP) is 2.21. The largest absolute Gasteiger partial charge is 0.487 e. The highest BCUT2D eigenvalue weighted by Gasteiger charge is 2.17. The molecule has 0 aliphatic carbocycles. The number of nitrogens with one attached hydrogen (secondary N) is 1. The molecule has 3 atom stereocenters. The van der Waals surface area contributed by atoms with Crippen LogP contribution in [0.2, 0.25) is 5.02 Å². The van der Waals surface area contributed by atoms with Crippen LogP contribution in [0.25, 0.3) is 0 Å². The molecule has 4 nitrogen and oxygen atoms in total. The van der Waals surface area contributed by atoms with Crippen molar-refractivity contribution in [1.29, 1.82) is 0 Å². The molecule has 3 N–H and O–H groups in total. The first kappa shape index (κ1) is 15.8. The minimum atomic E-state index is -0.215. The Balaban J connectivity index is 2.42. The van der Waals surface area contributed by atoms with Gasteiger partial charge in [-0.1, -0.05) is 30.7 Å². The first-order chi connectivity index (χ1) is 8.91. The minimum absolute atomic E-state index is 0.0652. The zero-order valence-corrected chi connectivity index (χ0v) is 12.3. The molecule has 0 bridgehead atoms. The summed E-state index contributed by atoms with van der Waals surface area (Å²) in [7, 11) is 0. The second-order valence-corrected chi connectivity index (χ2v) is 5.16. The summed E-state index contributed by atoms with van der Waals surface area (Å²) < 4.78 is 5.66. The average Bonchev–Trinajstić information content (AvgIpc) is 2.37. The molecule has 0 aromatic heterocycles. The Morgan fingerprint density at radius 2 is 2.00 bits per heavy atom. The quantitative estimate of drug-likeness (QED) is 0.842. The molecular formula is C14H21ClN2O2. The standard InChI is InChI=1S/C14H21ClN2O2/c1-9(8-17-14(18)10(2)11(3)16)19-13-7-5-4-6-12(13)15/h4-7,9-11H,8,16H2,1-3H3,(H,17,18). The Hall–Kier alpha value is -1.26. The van der Waals surface area contributed by atoms with Crippen molar-refractivity contribution in [2.24, 2.45) is 11.7 Å². The summed E-state index contributed by atoms with van der Waals surface area (Å²) in [6.07, 6.45) is -0.163. The van der Waals surface area contributed by atoms with Crippen molar-refractivity contribution in [3.63, 3.8) is 0 Å². The molecule has 0 spiro atoms. The zero-order chi connectivity index (χ0) is 14.4. The smallest absolute Gasteiger partial charge is 0.224 e. The fraction of sp³-hybridized carbons (Fsp3) is 0.500. The third-order valence-electron chi connectivity index (χ3n) is 2.93. The number of amides is 1. The van der Waals surface area contributed by atoms with Crippen molar-refractivity contribution in [3.8, 4) is 5.75 Å². The Labute approximate surface area is 119 Å². The molecule has 0 heterocycles. The Kier molecular flexibility index (Phi) is 6.12. The van der Waals surface area contributed by atoms with Gasteiger partial charge < -0.3 is 15.8 Å². The molecule has 1 aromatic rings. The fourth-order valence-electron chi connectivity index (χ4n) is 1.44. The highest BCUT2D eigenvalue weighted by Crippen LogP contribution is 2.23. The van der Waals surface area contributed by atoms with Gasteiger partial charge in [-0.15, -0.1) is 0 Å². The van der Waals surface area contributed by atoms with E-state index in [1.54, 1.807) is 19.1 Å². The highest BCUT2D eigenvalue weighted by atomic mass is 35.5. The van der Waals surface area contributed by atoms with Crippen LogP contribution in [-0.4, -0.2) is 24.6 Å². The normalized spacial score (nSPS) is 15.4. The average molecular weight is 285 g/mol. The first-order valence-electron chi connectivity index (χ1n) is 6.36. The maximum atomic E-state index is 11.7. The molecule has 0 aliphatic heterocycles. The van der Waals surface area contributed by atoms with Crippen LogP contribution in [0.4, 0.5) is 0 Å². The van der Waals surface area contributed by atoms with Crippen molar-refractivity contribution < 1.29 is 9.53 Å². The minimum Gasteiger partial charge on any atom is -0.487 e. The summed E-state index contributed by atoms with van der Waals surface area (Å²) in [4.78, 5) is 11.7. The molecule has 19 heavy (non-hydrogen) atoms. The third-order valence-corrected chi connectivity index (χ3v) is 3.24. The number of hydrogen-bond donors (Lipinski definition) is 2. The van der Waals surface area contributed by atoms with E-state index < -0.39 is 0 Å². The van der Waals surface area contributed by atoms with E-state index in [2.05, 4.69) is 5.32 Å². The van der Waals surface area contributed by atoms with Crippen LogP contribution in [0.5, 0.6) is 5.75 Å². The number of carbonyl (C=O) groups excluding carboxylic acids is 1. The molecule has 0 saturated heterocycles.